The summed E-state index contributed by atoms with van der Waals surface area (Å²) in [7, 11) is 0. The Hall–Kier alpha value is -0.120. The summed E-state index contributed by atoms with van der Waals surface area (Å²) in [5.41, 5.74) is 0. The Morgan fingerprint density at radius 1 is 1.15 bits per heavy atom. The molecule has 2 atom stereocenters. The first-order valence-electron chi connectivity index (χ1n) is 8.86. The Morgan fingerprint density at radius 2 is 1.95 bits per heavy atom. The normalized spacial score (nSPS) is 30.3. The van der Waals surface area contributed by atoms with Gasteiger partial charge in [0.1, 0.15) is 0 Å². The second-order valence-electron chi connectivity index (χ2n) is 6.64. The molecular formula is C17H34N2O. The summed E-state index contributed by atoms with van der Waals surface area (Å²) in [6.45, 7) is 9.89. The minimum atomic E-state index is 0.720. The molecule has 0 amide bonds. The molecule has 2 aliphatic rings. The number of rotatable bonds is 6. The molecule has 0 bridgehead atoms. The van der Waals surface area contributed by atoms with E-state index in [-0.39, 0.29) is 0 Å². The van der Waals surface area contributed by atoms with Crippen LogP contribution in [0.25, 0.3) is 0 Å². The largest absolute Gasteiger partial charge is 0.382 e. The van der Waals surface area contributed by atoms with Crippen LogP contribution in [0.15, 0.2) is 0 Å². The molecule has 0 radical (unpaired) electrons. The first-order valence-corrected chi connectivity index (χ1v) is 8.86. The van der Waals surface area contributed by atoms with Gasteiger partial charge >= 0.3 is 0 Å². The minimum Gasteiger partial charge on any atom is -0.382 e. The van der Waals surface area contributed by atoms with Crippen LogP contribution in [0, 0.1) is 5.92 Å². The minimum absolute atomic E-state index is 0.720. The van der Waals surface area contributed by atoms with Gasteiger partial charge in [0.25, 0.3) is 0 Å². The van der Waals surface area contributed by atoms with Crippen LogP contribution in [0.3, 0.4) is 0 Å². The van der Waals surface area contributed by atoms with Crippen molar-refractivity contribution >= 4 is 0 Å². The molecule has 1 saturated carbocycles. The third kappa shape index (κ3) is 5.01. The van der Waals surface area contributed by atoms with E-state index in [9.17, 15) is 0 Å². The Kier molecular flexibility index (Phi) is 7.32. The molecule has 2 fully saturated rings. The van der Waals surface area contributed by atoms with Gasteiger partial charge in [0.2, 0.25) is 0 Å². The van der Waals surface area contributed by atoms with Gasteiger partial charge in [-0.25, -0.2) is 0 Å². The molecule has 2 unspecified atom stereocenters. The van der Waals surface area contributed by atoms with Crippen molar-refractivity contribution in [1.29, 1.82) is 0 Å². The van der Waals surface area contributed by atoms with Crippen molar-refractivity contribution in [3.8, 4) is 0 Å². The van der Waals surface area contributed by atoms with E-state index in [1.807, 2.05) is 0 Å². The van der Waals surface area contributed by atoms with E-state index in [4.69, 9.17) is 4.74 Å². The molecule has 1 aliphatic carbocycles. The zero-order valence-corrected chi connectivity index (χ0v) is 13.6. The van der Waals surface area contributed by atoms with Crippen LogP contribution < -0.4 is 5.32 Å². The smallest absolute Gasteiger partial charge is 0.0478 e. The van der Waals surface area contributed by atoms with E-state index in [1.165, 1.54) is 64.6 Å². The number of nitrogens with one attached hydrogen (secondary N) is 1. The van der Waals surface area contributed by atoms with Crippen molar-refractivity contribution in [2.75, 3.05) is 32.8 Å². The monoisotopic (exact) mass is 282 g/mol. The Balaban J connectivity index is 1.81. The van der Waals surface area contributed by atoms with Crippen molar-refractivity contribution in [3.63, 3.8) is 0 Å². The summed E-state index contributed by atoms with van der Waals surface area (Å²) < 4.78 is 5.49. The third-order valence-corrected chi connectivity index (χ3v) is 5.18. The van der Waals surface area contributed by atoms with Gasteiger partial charge in [0.15, 0.2) is 0 Å². The van der Waals surface area contributed by atoms with Crippen molar-refractivity contribution in [3.05, 3.63) is 0 Å². The van der Waals surface area contributed by atoms with E-state index in [0.717, 1.165) is 31.2 Å². The average molecular weight is 282 g/mol. The highest BCUT2D eigenvalue weighted by molar-refractivity contribution is 4.86. The van der Waals surface area contributed by atoms with E-state index >= 15 is 0 Å². The fourth-order valence-electron chi connectivity index (χ4n) is 3.84. The molecule has 20 heavy (non-hydrogen) atoms. The lowest BCUT2D eigenvalue weighted by molar-refractivity contribution is 0.117. The standard InChI is InChI=1S/C17H34N2O/c1-3-20-13-7-12-19-14-17(18-11-10-15(19)2)16-8-5-4-6-9-16/h15-18H,3-14H2,1-2H3. The summed E-state index contributed by atoms with van der Waals surface area (Å²) in [4.78, 5) is 2.71. The Bertz CT molecular complexity index is 253. The van der Waals surface area contributed by atoms with Crippen LogP contribution in [-0.4, -0.2) is 49.8 Å². The highest BCUT2D eigenvalue weighted by Crippen LogP contribution is 2.28. The van der Waals surface area contributed by atoms with Crippen molar-refractivity contribution < 1.29 is 4.74 Å². The fraction of sp³-hybridized carbons (Fsp3) is 1.00. The first-order chi connectivity index (χ1) is 9.81. The highest BCUT2D eigenvalue weighted by atomic mass is 16.5. The molecule has 1 saturated heterocycles. The molecule has 3 heteroatoms. The maximum absolute atomic E-state index is 5.49. The molecular weight excluding hydrogens is 248 g/mol. The molecule has 0 spiro atoms. The van der Waals surface area contributed by atoms with Gasteiger partial charge in [0.05, 0.1) is 0 Å². The van der Waals surface area contributed by atoms with Gasteiger partial charge < -0.3 is 10.1 Å². The van der Waals surface area contributed by atoms with E-state index < -0.39 is 0 Å². The maximum Gasteiger partial charge on any atom is 0.0478 e. The molecule has 3 nitrogen and oxygen atoms in total. The molecule has 1 heterocycles. The van der Waals surface area contributed by atoms with Crippen LogP contribution in [-0.2, 0) is 4.74 Å². The van der Waals surface area contributed by atoms with E-state index in [0.29, 0.717) is 0 Å². The van der Waals surface area contributed by atoms with Crippen LogP contribution in [0.2, 0.25) is 0 Å². The molecule has 2 rings (SSSR count). The van der Waals surface area contributed by atoms with Crippen LogP contribution in [0.5, 0.6) is 0 Å². The van der Waals surface area contributed by atoms with Crippen molar-refractivity contribution in [2.45, 2.75) is 70.9 Å². The fourth-order valence-corrected chi connectivity index (χ4v) is 3.84. The number of hydrogen-bond acceptors (Lipinski definition) is 3. The molecule has 118 valence electrons. The summed E-state index contributed by atoms with van der Waals surface area (Å²) >= 11 is 0. The number of hydrogen-bond donors (Lipinski definition) is 1. The van der Waals surface area contributed by atoms with Crippen LogP contribution >= 0.6 is 0 Å². The summed E-state index contributed by atoms with van der Waals surface area (Å²) in [6.07, 6.45) is 9.70. The first kappa shape index (κ1) is 16.3. The van der Waals surface area contributed by atoms with Gasteiger partial charge in [-0.2, -0.15) is 0 Å². The lowest BCUT2D eigenvalue weighted by atomic mass is 9.83. The van der Waals surface area contributed by atoms with Gasteiger partial charge in [-0.05, 0) is 52.0 Å². The SMILES string of the molecule is CCOCCCN1CC(C2CCCCC2)NCCC1C. The summed E-state index contributed by atoms with van der Waals surface area (Å²) in [5.74, 6) is 0.920. The molecule has 0 aromatic carbocycles. The quantitative estimate of drug-likeness (QED) is 0.758. The Morgan fingerprint density at radius 3 is 2.70 bits per heavy atom. The lowest BCUT2D eigenvalue weighted by Crippen LogP contribution is -2.45. The topological polar surface area (TPSA) is 24.5 Å². The van der Waals surface area contributed by atoms with Crippen LogP contribution in [0.4, 0.5) is 0 Å². The third-order valence-electron chi connectivity index (χ3n) is 5.18. The number of ether oxygens (including phenoxy) is 1. The van der Waals surface area contributed by atoms with E-state index in [1.54, 1.807) is 0 Å². The molecule has 1 aliphatic heterocycles. The van der Waals surface area contributed by atoms with E-state index in [2.05, 4.69) is 24.1 Å². The van der Waals surface area contributed by atoms with Crippen LogP contribution in [0.1, 0.15) is 58.8 Å². The molecule has 0 aromatic heterocycles. The second kappa shape index (κ2) is 9.01. The Labute approximate surface area is 125 Å². The lowest BCUT2D eigenvalue weighted by Gasteiger charge is -2.34. The summed E-state index contributed by atoms with van der Waals surface area (Å²) in [6, 6.07) is 1.45. The predicted molar refractivity (Wildman–Crippen MR) is 85.1 cm³/mol. The molecule has 1 N–H and O–H groups in total. The molecule has 0 aromatic rings. The maximum atomic E-state index is 5.49. The van der Waals surface area contributed by atoms with Crippen molar-refractivity contribution in [1.82, 2.24) is 10.2 Å². The van der Waals surface area contributed by atoms with Gasteiger partial charge in [-0.15, -0.1) is 0 Å². The highest BCUT2D eigenvalue weighted by Gasteiger charge is 2.28. The van der Waals surface area contributed by atoms with Crippen molar-refractivity contribution in [2.24, 2.45) is 5.92 Å². The average Bonchev–Trinajstić information content (AvgIpc) is 2.67. The van der Waals surface area contributed by atoms with Gasteiger partial charge in [-0.3, -0.25) is 4.90 Å². The predicted octanol–water partition coefficient (Wildman–Crippen LogP) is 3.05. The van der Waals surface area contributed by atoms with Gasteiger partial charge in [0, 0.05) is 38.4 Å². The zero-order valence-electron chi connectivity index (χ0n) is 13.6. The summed E-state index contributed by atoms with van der Waals surface area (Å²) in [5, 5.41) is 3.84. The zero-order chi connectivity index (χ0) is 14.2. The second-order valence-corrected chi connectivity index (χ2v) is 6.64. The van der Waals surface area contributed by atoms with Gasteiger partial charge in [-0.1, -0.05) is 19.3 Å². The number of nitrogens with zero attached hydrogens (tertiary/aromatic N) is 1.